The summed E-state index contributed by atoms with van der Waals surface area (Å²) in [4.78, 5) is 0. The summed E-state index contributed by atoms with van der Waals surface area (Å²) in [7, 11) is 0. The summed E-state index contributed by atoms with van der Waals surface area (Å²) < 4.78 is 51.5. The Morgan fingerprint density at radius 2 is 1.94 bits per heavy atom. The molecule has 8 heteroatoms. The number of alkyl halides is 3. The first-order valence-electron chi connectivity index (χ1n) is 4.43. The van der Waals surface area contributed by atoms with E-state index in [0.29, 0.717) is 12.1 Å². The van der Waals surface area contributed by atoms with Gasteiger partial charge in [-0.05, 0) is 18.2 Å². The van der Waals surface area contributed by atoms with Gasteiger partial charge in [-0.2, -0.15) is 13.2 Å². The Bertz CT molecular complexity index is 546. The van der Waals surface area contributed by atoms with Crippen LogP contribution in [0.1, 0.15) is 5.56 Å². The minimum absolute atomic E-state index is 0.0122. The molecule has 0 spiro atoms. The van der Waals surface area contributed by atoms with Crippen LogP contribution in [0.25, 0.3) is 5.69 Å². The molecule has 1 heterocycles. The third-order valence-corrected chi connectivity index (χ3v) is 2.03. The molecular weight excluding hydrogens is 240 g/mol. The van der Waals surface area contributed by atoms with Gasteiger partial charge in [0.2, 0.25) is 0 Å². The van der Waals surface area contributed by atoms with E-state index in [1.54, 1.807) is 0 Å². The van der Waals surface area contributed by atoms with Gasteiger partial charge in [0.25, 0.3) is 0 Å². The molecule has 0 aliphatic carbocycles. The number of benzene rings is 1. The topological polar surface area (TPSA) is 56.7 Å². The normalized spacial score (nSPS) is 11.8. The van der Waals surface area contributed by atoms with Crippen molar-refractivity contribution in [3.63, 3.8) is 0 Å². The molecule has 2 N–H and O–H groups in total. The molecule has 0 amide bonds. The van der Waals surface area contributed by atoms with Crippen molar-refractivity contribution in [3.8, 4) is 5.69 Å². The minimum Gasteiger partial charge on any atom is -0.381 e. The highest BCUT2D eigenvalue weighted by atomic mass is 19.4. The van der Waals surface area contributed by atoms with E-state index in [2.05, 4.69) is 10.3 Å². The van der Waals surface area contributed by atoms with Crippen molar-refractivity contribution in [1.82, 2.24) is 15.0 Å². The van der Waals surface area contributed by atoms with Gasteiger partial charge in [-0.15, -0.1) is 5.10 Å². The summed E-state index contributed by atoms with van der Waals surface area (Å²) in [6.45, 7) is 0. The first kappa shape index (κ1) is 11.4. The van der Waals surface area contributed by atoms with Gasteiger partial charge < -0.3 is 5.73 Å². The predicted octanol–water partition coefficient (Wildman–Crippen LogP) is 2.01. The number of nitrogen functional groups attached to an aromatic ring is 1. The van der Waals surface area contributed by atoms with Crippen molar-refractivity contribution in [1.29, 1.82) is 0 Å². The van der Waals surface area contributed by atoms with Crippen LogP contribution in [-0.4, -0.2) is 15.0 Å². The van der Waals surface area contributed by atoms with Crippen LogP contribution in [0.4, 0.5) is 23.4 Å². The third kappa shape index (κ3) is 2.19. The van der Waals surface area contributed by atoms with Crippen LogP contribution in [0.5, 0.6) is 0 Å². The quantitative estimate of drug-likeness (QED) is 0.783. The first-order valence-corrected chi connectivity index (χ1v) is 4.43. The second-order valence-electron chi connectivity index (χ2n) is 3.25. The SMILES string of the molecule is Nc1cn(-c2cc(C(F)(F)F)ccc2F)nn1. The number of aromatic nitrogens is 3. The van der Waals surface area contributed by atoms with E-state index in [0.717, 1.165) is 16.9 Å². The fraction of sp³-hybridized carbons (Fsp3) is 0.111. The maximum Gasteiger partial charge on any atom is 0.416 e. The average molecular weight is 246 g/mol. The molecule has 0 bridgehead atoms. The molecule has 0 aliphatic rings. The molecule has 1 aromatic heterocycles. The van der Waals surface area contributed by atoms with Gasteiger partial charge in [-0.1, -0.05) is 5.21 Å². The van der Waals surface area contributed by atoms with E-state index in [9.17, 15) is 17.6 Å². The molecule has 0 fully saturated rings. The van der Waals surface area contributed by atoms with E-state index >= 15 is 0 Å². The van der Waals surface area contributed by atoms with Crippen LogP contribution in [0.15, 0.2) is 24.4 Å². The van der Waals surface area contributed by atoms with Crippen molar-refractivity contribution in [3.05, 3.63) is 35.8 Å². The van der Waals surface area contributed by atoms with Crippen molar-refractivity contribution in [2.45, 2.75) is 6.18 Å². The zero-order valence-electron chi connectivity index (χ0n) is 8.24. The number of hydrogen-bond acceptors (Lipinski definition) is 3. The number of anilines is 1. The van der Waals surface area contributed by atoms with Crippen molar-refractivity contribution in [2.75, 3.05) is 5.73 Å². The molecule has 2 aromatic rings. The van der Waals surface area contributed by atoms with E-state index in [1.807, 2.05) is 0 Å². The van der Waals surface area contributed by atoms with Gasteiger partial charge in [-0.25, -0.2) is 9.07 Å². The zero-order valence-corrected chi connectivity index (χ0v) is 8.24. The first-order chi connectivity index (χ1) is 7.88. The van der Waals surface area contributed by atoms with Crippen LogP contribution in [0, 0.1) is 5.82 Å². The van der Waals surface area contributed by atoms with E-state index in [4.69, 9.17) is 5.73 Å². The van der Waals surface area contributed by atoms with Gasteiger partial charge in [0, 0.05) is 0 Å². The molecule has 90 valence electrons. The Balaban J connectivity index is 2.54. The summed E-state index contributed by atoms with van der Waals surface area (Å²) >= 11 is 0. The van der Waals surface area contributed by atoms with Crippen molar-refractivity contribution >= 4 is 5.82 Å². The highest BCUT2D eigenvalue weighted by Crippen LogP contribution is 2.31. The molecule has 0 saturated carbocycles. The summed E-state index contributed by atoms with van der Waals surface area (Å²) in [6.07, 6.45) is -3.42. The fourth-order valence-corrected chi connectivity index (χ4v) is 1.26. The maximum absolute atomic E-state index is 13.4. The largest absolute Gasteiger partial charge is 0.416 e. The lowest BCUT2D eigenvalue weighted by molar-refractivity contribution is -0.137. The lowest BCUT2D eigenvalue weighted by atomic mass is 10.2. The van der Waals surface area contributed by atoms with Crippen LogP contribution >= 0.6 is 0 Å². The Morgan fingerprint density at radius 1 is 1.24 bits per heavy atom. The number of nitrogens with two attached hydrogens (primary N) is 1. The van der Waals surface area contributed by atoms with Gasteiger partial charge in [0.05, 0.1) is 11.8 Å². The molecule has 0 unspecified atom stereocenters. The fourth-order valence-electron chi connectivity index (χ4n) is 1.26. The summed E-state index contributed by atoms with van der Waals surface area (Å²) in [6, 6.07) is 2.01. The van der Waals surface area contributed by atoms with Crippen LogP contribution in [0.2, 0.25) is 0 Å². The Morgan fingerprint density at radius 3 is 2.47 bits per heavy atom. The summed E-state index contributed by atoms with van der Waals surface area (Å²) in [5, 5.41) is 6.77. The number of rotatable bonds is 1. The Kier molecular flexibility index (Phi) is 2.49. The van der Waals surface area contributed by atoms with E-state index in [-0.39, 0.29) is 11.5 Å². The monoisotopic (exact) mass is 246 g/mol. The summed E-state index contributed by atoms with van der Waals surface area (Å²) in [5.74, 6) is -0.857. The maximum atomic E-state index is 13.4. The molecule has 0 radical (unpaired) electrons. The van der Waals surface area contributed by atoms with E-state index < -0.39 is 17.6 Å². The number of nitrogens with zero attached hydrogens (tertiary/aromatic N) is 3. The average Bonchev–Trinajstić information content (AvgIpc) is 2.63. The Hall–Kier alpha value is -2.12. The number of halogens is 4. The predicted molar refractivity (Wildman–Crippen MR) is 50.7 cm³/mol. The highest BCUT2D eigenvalue weighted by Gasteiger charge is 2.31. The molecule has 1 aromatic carbocycles. The van der Waals surface area contributed by atoms with Crippen molar-refractivity contribution < 1.29 is 17.6 Å². The van der Waals surface area contributed by atoms with Gasteiger partial charge >= 0.3 is 6.18 Å². The van der Waals surface area contributed by atoms with Gasteiger partial charge in [0.1, 0.15) is 11.5 Å². The molecule has 17 heavy (non-hydrogen) atoms. The second-order valence-corrected chi connectivity index (χ2v) is 3.25. The Labute approximate surface area is 92.7 Å². The van der Waals surface area contributed by atoms with Gasteiger partial charge in [-0.3, -0.25) is 0 Å². The number of hydrogen-bond donors (Lipinski definition) is 1. The third-order valence-electron chi connectivity index (χ3n) is 2.03. The lowest BCUT2D eigenvalue weighted by Gasteiger charge is -2.09. The molecule has 2 rings (SSSR count). The molecular formula is C9H6F4N4. The zero-order chi connectivity index (χ0) is 12.6. The van der Waals surface area contributed by atoms with E-state index in [1.165, 1.54) is 0 Å². The molecule has 4 nitrogen and oxygen atoms in total. The van der Waals surface area contributed by atoms with Crippen LogP contribution < -0.4 is 5.73 Å². The minimum atomic E-state index is -4.55. The van der Waals surface area contributed by atoms with Crippen LogP contribution in [0.3, 0.4) is 0 Å². The lowest BCUT2D eigenvalue weighted by Crippen LogP contribution is -2.08. The highest BCUT2D eigenvalue weighted by molar-refractivity contribution is 5.39. The molecule has 0 aliphatic heterocycles. The van der Waals surface area contributed by atoms with Gasteiger partial charge in [0.15, 0.2) is 5.82 Å². The molecule has 0 atom stereocenters. The van der Waals surface area contributed by atoms with Crippen molar-refractivity contribution in [2.24, 2.45) is 0 Å². The smallest absolute Gasteiger partial charge is 0.381 e. The summed E-state index contributed by atoms with van der Waals surface area (Å²) in [5.41, 5.74) is 3.92. The molecule has 0 saturated heterocycles. The van der Waals surface area contributed by atoms with Crippen LogP contribution in [-0.2, 0) is 6.18 Å². The standard InChI is InChI=1S/C9H6F4N4/c10-6-2-1-5(9(11,12)13)3-7(6)17-4-8(14)15-16-17/h1-4H,14H2. The second kappa shape index (κ2) is 3.72.